The minimum Gasteiger partial charge on any atom is -0.314 e. The standard InChI is InChI=1S/C17H25N/c1-2-6-15-10-9-14(12-16(15)7-3-1)13-17-8-4-5-11-18-17/h9-10,12,17-18H,1-8,11,13H2. The van der Waals surface area contributed by atoms with E-state index in [1.807, 2.05) is 0 Å². The van der Waals surface area contributed by atoms with Crippen LogP contribution in [0.15, 0.2) is 18.2 Å². The van der Waals surface area contributed by atoms with E-state index < -0.39 is 0 Å². The van der Waals surface area contributed by atoms with Crippen LogP contribution in [-0.2, 0) is 19.3 Å². The maximum absolute atomic E-state index is 3.66. The number of rotatable bonds is 2. The highest BCUT2D eigenvalue weighted by atomic mass is 14.9. The van der Waals surface area contributed by atoms with Gasteiger partial charge in [0, 0.05) is 6.04 Å². The number of aryl methyl sites for hydroxylation is 2. The van der Waals surface area contributed by atoms with Crippen molar-refractivity contribution in [1.29, 1.82) is 0 Å². The predicted molar refractivity (Wildman–Crippen MR) is 77.0 cm³/mol. The fourth-order valence-electron chi connectivity index (χ4n) is 3.47. The molecule has 1 unspecified atom stereocenters. The molecular formula is C17H25N. The molecule has 1 aliphatic carbocycles. The molecule has 0 radical (unpaired) electrons. The summed E-state index contributed by atoms with van der Waals surface area (Å²) in [7, 11) is 0. The van der Waals surface area contributed by atoms with Gasteiger partial charge in [-0.3, -0.25) is 0 Å². The summed E-state index contributed by atoms with van der Waals surface area (Å²) in [6.07, 6.45) is 12.1. The van der Waals surface area contributed by atoms with Crippen molar-refractivity contribution >= 4 is 0 Å². The largest absolute Gasteiger partial charge is 0.314 e. The second-order valence-electron chi connectivity index (χ2n) is 6.01. The first-order valence-electron chi connectivity index (χ1n) is 7.76. The second kappa shape index (κ2) is 5.88. The van der Waals surface area contributed by atoms with Gasteiger partial charge in [-0.15, -0.1) is 0 Å². The lowest BCUT2D eigenvalue weighted by Gasteiger charge is -2.23. The van der Waals surface area contributed by atoms with E-state index in [1.54, 1.807) is 16.7 Å². The van der Waals surface area contributed by atoms with Crippen LogP contribution in [0.1, 0.15) is 55.2 Å². The van der Waals surface area contributed by atoms with Gasteiger partial charge < -0.3 is 5.32 Å². The highest BCUT2D eigenvalue weighted by Crippen LogP contribution is 2.23. The van der Waals surface area contributed by atoms with Crippen molar-refractivity contribution in [2.45, 2.75) is 63.8 Å². The third-order valence-corrected chi connectivity index (χ3v) is 4.56. The van der Waals surface area contributed by atoms with Crippen molar-refractivity contribution < 1.29 is 0 Å². The summed E-state index contributed by atoms with van der Waals surface area (Å²) >= 11 is 0. The maximum atomic E-state index is 3.66. The van der Waals surface area contributed by atoms with Crippen molar-refractivity contribution in [3.05, 3.63) is 34.9 Å². The van der Waals surface area contributed by atoms with Gasteiger partial charge in [-0.1, -0.05) is 31.0 Å². The fourth-order valence-corrected chi connectivity index (χ4v) is 3.47. The smallest absolute Gasteiger partial charge is 0.0107 e. The monoisotopic (exact) mass is 243 g/mol. The maximum Gasteiger partial charge on any atom is 0.0107 e. The molecule has 18 heavy (non-hydrogen) atoms. The molecule has 2 aliphatic rings. The minimum absolute atomic E-state index is 0.725. The van der Waals surface area contributed by atoms with Gasteiger partial charge in [0.2, 0.25) is 0 Å². The Labute approximate surface area is 111 Å². The first kappa shape index (κ1) is 12.2. The highest BCUT2D eigenvalue weighted by molar-refractivity contribution is 5.33. The van der Waals surface area contributed by atoms with Crippen molar-refractivity contribution in [2.75, 3.05) is 6.54 Å². The molecule has 1 saturated heterocycles. The van der Waals surface area contributed by atoms with E-state index in [0.717, 1.165) is 6.04 Å². The number of benzene rings is 1. The molecule has 1 aromatic carbocycles. The number of hydrogen-bond acceptors (Lipinski definition) is 1. The van der Waals surface area contributed by atoms with Crippen molar-refractivity contribution in [3.8, 4) is 0 Å². The quantitative estimate of drug-likeness (QED) is 0.782. The summed E-state index contributed by atoms with van der Waals surface area (Å²) in [4.78, 5) is 0. The number of hydrogen-bond donors (Lipinski definition) is 1. The Kier molecular flexibility index (Phi) is 3.99. The molecule has 3 rings (SSSR count). The fraction of sp³-hybridized carbons (Fsp3) is 0.647. The number of fused-ring (bicyclic) bond motifs is 1. The van der Waals surface area contributed by atoms with Gasteiger partial charge in [0.1, 0.15) is 0 Å². The van der Waals surface area contributed by atoms with Crippen LogP contribution >= 0.6 is 0 Å². The van der Waals surface area contributed by atoms with Crippen LogP contribution in [0.5, 0.6) is 0 Å². The topological polar surface area (TPSA) is 12.0 Å². The molecule has 0 saturated carbocycles. The zero-order valence-corrected chi connectivity index (χ0v) is 11.4. The Balaban J connectivity index is 1.70. The van der Waals surface area contributed by atoms with Crippen LogP contribution in [0.25, 0.3) is 0 Å². The van der Waals surface area contributed by atoms with Crippen molar-refractivity contribution in [3.63, 3.8) is 0 Å². The first-order chi connectivity index (χ1) is 8.92. The van der Waals surface area contributed by atoms with Crippen LogP contribution < -0.4 is 5.32 Å². The van der Waals surface area contributed by atoms with Gasteiger partial charge in [-0.2, -0.15) is 0 Å². The molecule has 1 N–H and O–H groups in total. The third-order valence-electron chi connectivity index (χ3n) is 4.56. The van der Waals surface area contributed by atoms with E-state index >= 15 is 0 Å². The van der Waals surface area contributed by atoms with Gasteiger partial charge in [0.05, 0.1) is 0 Å². The lowest BCUT2D eigenvalue weighted by molar-refractivity contribution is 0.399. The molecule has 98 valence electrons. The molecule has 1 atom stereocenters. The first-order valence-corrected chi connectivity index (χ1v) is 7.76. The SMILES string of the molecule is c1cc2c(cc1CC1CCCCN1)CCCCC2. The molecule has 0 aromatic heterocycles. The molecule has 1 heterocycles. The summed E-state index contributed by atoms with van der Waals surface area (Å²) in [5.41, 5.74) is 4.81. The van der Waals surface area contributed by atoms with E-state index in [1.165, 1.54) is 64.3 Å². The molecule has 1 aromatic rings. The number of piperidine rings is 1. The summed E-state index contributed by atoms with van der Waals surface area (Å²) < 4.78 is 0. The van der Waals surface area contributed by atoms with E-state index in [9.17, 15) is 0 Å². The molecule has 0 bridgehead atoms. The molecule has 1 aliphatic heterocycles. The van der Waals surface area contributed by atoms with Gasteiger partial charge in [0.25, 0.3) is 0 Å². The summed E-state index contributed by atoms with van der Waals surface area (Å²) in [6.45, 7) is 1.22. The average molecular weight is 243 g/mol. The molecular weight excluding hydrogens is 218 g/mol. The van der Waals surface area contributed by atoms with Crippen LogP contribution in [0.3, 0.4) is 0 Å². The summed E-state index contributed by atoms with van der Waals surface area (Å²) in [5.74, 6) is 0. The van der Waals surface area contributed by atoms with Crippen LogP contribution in [0.4, 0.5) is 0 Å². The zero-order chi connectivity index (χ0) is 12.2. The Morgan fingerprint density at radius 2 is 1.83 bits per heavy atom. The Hall–Kier alpha value is -0.820. The van der Waals surface area contributed by atoms with E-state index in [4.69, 9.17) is 0 Å². The van der Waals surface area contributed by atoms with E-state index in [0.29, 0.717) is 0 Å². The molecule has 1 fully saturated rings. The minimum atomic E-state index is 0.725. The van der Waals surface area contributed by atoms with Crippen LogP contribution in [0.2, 0.25) is 0 Å². The molecule has 1 nitrogen and oxygen atoms in total. The van der Waals surface area contributed by atoms with Gasteiger partial charge in [-0.25, -0.2) is 0 Å². The molecule has 1 heteroatoms. The average Bonchev–Trinajstić information content (AvgIpc) is 2.64. The Morgan fingerprint density at radius 1 is 0.944 bits per heavy atom. The second-order valence-corrected chi connectivity index (χ2v) is 6.01. The van der Waals surface area contributed by atoms with Crippen molar-refractivity contribution in [1.82, 2.24) is 5.32 Å². The van der Waals surface area contributed by atoms with E-state index in [2.05, 4.69) is 23.5 Å². The number of nitrogens with one attached hydrogen (secondary N) is 1. The summed E-state index contributed by atoms with van der Waals surface area (Å²) in [5, 5.41) is 3.66. The highest BCUT2D eigenvalue weighted by Gasteiger charge is 2.14. The zero-order valence-electron chi connectivity index (χ0n) is 11.4. The van der Waals surface area contributed by atoms with Gasteiger partial charge in [0.15, 0.2) is 0 Å². The third kappa shape index (κ3) is 2.95. The lowest BCUT2D eigenvalue weighted by Crippen LogP contribution is -2.35. The van der Waals surface area contributed by atoms with Crippen LogP contribution in [0, 0.1) is 0 Å². The molecule has 0 spiro atoms. The lowest BCUT2D eigenvalue weighted by atomic mass is 9.94. The van der Waals surface area contributed by atoms with Gasteiger partial charge >= 0.3 is 0 Å². The normalized spacial score (nSPS) is 24.3. The Morgan fingerprint density at radius 3 is 2.67 bits per heavy atom. The van der Waals surface area contributed by atoms with Gasteiger partial charge in [-0.05, 0) is 68.2 Å². The molecule has 0 amide bonds. The van der Waals surface area contributed by atoms with Crippen molar-refractivity contribution in [2.24, 2.45) is 0 Å². The van der Waals surface area contributed by atoms with Crippen LogP contribution in [-0.4, -0.2) is 12.6 Å². The summed E-state index contributed by atoms with van der Waals surface area (Å²) in [6, 6.07) is 8.00. The van der Waals surface area contributed by atoms with E-state index in [-0.39, 0.29) is 0 Å². The predicted octanol–water partition coefficient (Wildman–Crippen LogP) is 3.64. The Bertz CT molecular complexity index is 391.